The summed E-state index contributed by atoms with van der Waals surface area (Å²) in [6.45, 7) is 0.476. The summed E-state index contributed by atoms with van der Waals surface area (Å²) in [6, 6.07) is 4.25. The molecule has 0 radical (unpaired) electrons. The Bertz CT molecular complexity index is 583. The Morgan fingerprint density at radius 3 is 2.82 bits per heavy atom. The number of fused-ring (bicyclic) bond motifs is 1. The number of hydrogen-bond donors (Lipinski definition) is 2. The van der Waals surface area contributed by atoms with E-state index in [0.29, 0.717) is 23.8 Å². The van der Waals surface area contributed by atoms with Crippen LogP contribution in [0.3, 0.4) is 0 Å². The minimum absolute atomic E-state index is 0.0347. The van der Waals surface area contributed by atoms with Crippen LogP contribution in [0.1, 0.15) is 12.8 Å². The lowest BCUT2D eigenvalue weighted by Gasteiger charge is -2.10. The van der Waals surface area contributed by atoms with Crippen LogP contribution in [-0.4, -0.2) is 31.0 Å². The number of carbonyl (C=O) groups excluding carboxylic acids is 1. The number of benzene rings is 1. The molecule has 1 aliphatic heterocycles. The molecule has 0 fully saturated rings. The number of thiocarbonyl (C=S) groups is 1. The molecule has 0 aromatic heterocycles. The topological polar surface area (TPSA) is 68.8 Å². The van der Waals surface area contributed by atoms with Gasteiger partial charge in [-0.2, -0.15) is 0 Å². The highest BCUT2D eigenvalue weighted by Crippen LogP contribution is 2.42. The highest BCUT2D eigenvalue weighted by atomic mass is 32.1. The number of rotatable bonds is 5. The smallest absolute Gasteiger partial charge is 0.469 e. The first-order chi connectivity index (χ1) is 10.4. The monoisotopic (exact) mass is 332 g/mol. The number of ether oxygens (including phenoxy) is 3. The second kappa shape index (κ2) is 6.73. The molecule has 0 unspecified atom stereocenters. The Hall–Kier alpha value is -2.16. The third-order valence-electron chi connectivity index (χ3n) is 2.73. The number of anilines is 1. The van der Waals surface area contributed by atoms with Gasteiger partial charge in [0.25, 0.3) is 0 Å². The summed E-state index contributed by atoms with van der Waals surface area (Å²) < 4.78 is 38.9. The van der Waals surface area contributed by atoms with Crippen LogP contribution in [0.4, 0.5) is 14.5 Å². The standard InChI is InChI=1S/C13H14F2N2O4S/c1-19-11(18)3-2-6-16-12(22)17-8-4-5-9-10(7-8)21-13(14,15)20-9/h4-5,7H,2-3,6H2,1H3,(H2,16,17,22). The average Bonchev–Trinajstić information content (AvgIpc) is 2.76. The van der Waals surface area contributed by atoms with Gasteiger partial charge >= 0.3 is 12.3 Å². The molecule has 1 heterocycles. The van der Waals surface area contributed by atoms with Crippen molar-refractivity contribution >= 4 is 29.0 Å². The van der Waals surface area contributed by atoms with Gasteiger partial charge in [-0.05, 0) is 30.8 Å². The summed E-state index contributed by atoms with van der Waals surface area (Å²) in [5, 5.41) is 6.01. The molecule has 0 saturated heterocycles. The molecule has 1 aromatic carbocycles. The van der Waals surface area contributed by atoms with Crippen molar-refractivity contribution in [1.29, 1.82) is 0 Å². The fraction of sp³-hybridized carbons (Fsp3) is 0.385. The number of carbonyl (C=O) groups is 1. The zero-order valence-corrected chi connectivity index (χ0v) is 12.5. The van der Waals surface area contributed by atoms with Crippen molar-refractivity contribution < 1.29 is 27.8 Å². The number of hydrogen-bond acceptors (Lipinski definition) is 5. The van der Waals surface area contributed by atoms with E-state index in [1.165, 1.54) is 25.3 Å². The molecule has 120 valence electrons. The van der Waals surface area contributed by atoms with Crippen molar-refractivity contribution in [1.82, 2.24) is 5.32 Å². The molecule has 0 bridgehead atoms. The van der Waals surface area contributed by atoms with Crippen LogP contribution in [0.15, 0.2) is 18.2 Å². The summed E-state index contributed by atoms with van der Waals surface area (Å²) >= 11 is 5.06. The van der Waals surface area contributed by atoms with Crippen LogP contribution < -0.4 is 20.1 Å². The summed E-state index contributed by atoms with van der Waals surface area (Å²) in [6.07, 6.45) is -2.80. The zero-order valence-electron chi connectivity index (χ0n) is 11.7. The third kappa shape index (κ3) is 4.42. The van der Waals surface area contributed by atoms with Crippen molar-refractivity contribution in [3.63, 3.8) is 0 Å². The van der Waals surface area contributed by atoms with Gasteiger partial charge < -0.3 is 24.8 Å². The molecule has 1 aromatic rings. The lowest BCUT2D eigenvalue weighted by atomic mass is 10.3. The number of nitrogens with one attached hydrogen (secondary N) is 2. The predicted octanol–water partition coefficient (Wildman–Crippen LogP) is 2.25. The quantitative estimate of drug-likeness (QED) is 0.487. The molecular weight excluding hydrogens is 318 g/mol. The minimum atomic E-state index is -3.65. The van der Waals surface area contributed by atoms with Crippen LogP contribution >= 0.6 is 12.2 Å². The van der Waals surface area contributed by atoms with Gasteiger partial charge in [0, 0.05) is 24.7 Å². The van der Waals surface area contributed by atoms with Crippen LogP contribution in [-0.2, 0) is 9.53 Å². The van der Waals surface area contributed by atoms with Crippen molar-refractivity contribution in [2.45, 2.75) is 19.1 Å². The Kier molecular flexibility index (Phi) is 4.96. The normalized spacial score (nSPS) is 14.3. The predicted molar refractivity (Wildman–Crippen MR) is 78.1 cm³/mol. The van der Waals surface area contributed by atoms with Gasteiger partial charge in [0.15, 0.2) is 16.6 Å². The third-order valence-corrected chi connectivity index (χ3v) is 2.98. The van der Waals surface area contributed by atoms with Crippen LogP contribution in [0.2, 0.25) is 0 Å². The van der Waals surface area contributed by atoms with Gasteiger partial charge in [0.05, 0.1) is 7.11 Å². The first-order valence-electron chi connectivity index (χ1n) is 6.41. The summed E-state index contributed by atoms with van der Waals surface area (Å²) in [5.41, 5.74) is 0.477. The number of esters is 1. The fourth-order valence-electron chi connectivity index (χ4n) is 1.74. The second-order valence-corrected chi connectivity index (χ2v) is 4.80. The van der Waals surface area contributed by atoms with Crippen LogP contribution in [0.5, 0.6) is 11.5 Å². The van der Waals surface area contributed by atoms with Gasteiger partial charge in [-0.15, -0.1) is 8.78 Å². The van der Waals surface area contributed by atoms with E-state index in [-0.39, 0.29) is 23.9 Å². The van der Waals surface area contributed by atoms with Crippen molar-refractivity contribution in [3.8, 4) is 11.5 Å². The lowest BCUT2D eigenvalue weighted by molar-refractivity contribution is -0.286. The van der Waals surface area contributed by atoms with Gasteiger partial charge in [0.1, 0.15) is 0 Å². The Morgan fingerprint density at radius 2 is 2.09 bits per heavy atom. The van der Waals surface area contributed by atoms with Crippen molar-refractivity contribution in [2.24, 2.45) is 0 Å². The maximum absolute atomic E-state index is 12.9. The molecule has 22 heavy (non-hydrogen) atoms. The molecule has 9 heteroatoms. The molecule has 0 amide bonds. The van der Waals surface area contributed by atoms with Gasteiger partial charge in [-0.3, -0.25) is 4.79 Å². The molecule has 2 N–H and O–H groups in total. The van der Waals surface area contributed by atoms with Crippen molar-refractivity contribution in [3.05, 3.63) is 18.2 Å². The molecule has 2 rings (SSSR count). The first-order valence-corrected chi connectivity index (χ1v) is 6.82. The van der Waals surface area contributed by atoms with E-state index in [4.69, 9.17) is 12.2 Å². The molecule has 0 atom stereocenters. The Balaban J connectivity index is 1.80. The number of halogens is 2. The summed E-state index contributed by atoms with van der Waals surface area (Å²) in [7, 11) is 1.32. The Labute approximate surface area is 130 Å². The average molecular weight is 332 g/mol. The lowest BCUT2D eigenvalue weighted by Crippen LogP contribution is -2.29. The van der Waals surface area contributed by atoms with Gasteiger partial charge in [-0.1, -0.05) is 0 Å². The van der Waals surface area contributed by atoms with E-state index in [9.17, 15) is 13.6 Å². The maximum Gasteiger partial charge on any atom is 0.586 e. The van der Waals surface area contributed by atoms with Crippen LogP contribution in [0.25, 0.3) is 0 Å². The first kappa shape index (κ1) is 16.2. The fourth-order valence-corrected chi connectivity index (χ4v) is 1.96. The van der Waals surface area contributed by atoms with E-state index in [2.05, 4.69) is 24.8 Å². The molecule has 0 spiro atoms. The van der Waals surface area contributed by atoms with Gasteiger partial charge in [-0.25, -0.2) is 0 Å². The summed E-state index contributed by atoms with van der Waals surface area (Å²) in [5.74, 6) is -0.395. The van der Waals surface area contributed by atoms with E-state index >= 15 is 0 Å². The molecular formula is C13H14F2N2O4S. The van der Waals surface area contributed by atoms with E-state index in [1.54, 1.807) is 0 Å². The maximum atomic E-state index is 12.9. The van der Waals surface area contributed by atoms with Crippen LogP contribution in [0, 0.1) is 0 Å². The Morgan fingerprint density at radius 1 is 1.36 bits per heavy atom. The minimum Gasteiger partial charge on any atom is -0.469 e. The second-order valence-electron chi connectivity index (χ2n) is 4.39. The largest absolute Gasteiger partial charge is 0.586 e. The number of alkyl halides is 2. The van der Waals surface area contributed by atoms with Crippen molar-refractivity contribution in [2.75, 3.05) is 19.0 Å². The highest BCUT2D eigenvalue weighted by Gasteiger charge is 2.43. The molecule has 0 saturated carbocycles. The van der Waals surface area contributed by atoms with E-state index < -0.39 is 6.29 Å². The van der Waals surface area contributed by atoms with Gasteiger partial charge in [0.2, 0.25) is 0 Å². The number of methoxy groups -OCH3 is 1. The summed E-state index contributed by atoms with van der Waals surface area (Å²) in [4.78, 5) is 10.9. The molecule has 6 nitrogen and oxygen atoms in total. The highest BCUT2D eigenvalue weighted by molar-refractivity contribution is 7.80. The molecule has 0 aliphatic carbocycles. The van der Waals surface area contributed by atoms with E-state index in [0.717, 1.165) is 0 Å². The SMILES string of the molecule is COC(=O)CCCNC(=S)Nc1ccc2c(c1)OC(F)(F)O2. The van der Waals surface area contributed by atoms with E-state index in [1.807, 2.05) is 0 Å². The zero-order chi connectivity index (χ0) is 16.2. The molecule has 1 aliphatic rings.